The molecular weight excluding hydrogens is 464 g/mol. The van der Waals surface area contributed by atoms with Crippen molar-refractivity contribution < 1.29 is 18.3 Å². The van der Waals surface area contributed by atoms with Crippen molar-refractivity contribution in [3.63, 3.8) is 0 Å². The van der Waals surface area contributed by atoms with Crippen LogP contribution < -0.4 is 10.1 Å². The number of anilines is 1. The Bertz CT molecular complexity index is 1390. The zero-order chi connectivity index (χ0) is 23.7. The van der Waals surface area contributed by atoms with Gasteiger partial charge in [-0.15, -0.1) is 0 Å². The fraction of sp³-hybridized carbons (Fsp3) is 0.115. The van der Waals surface area contributed by atoms with Gasteiger partial charge in [0.05, 0.1) is 23.4 Å². The molecule has 4 aromatic rings. The van der Waals surface area contributed by atoms with E-state index in [2.05, 4.69) is 5.32 Å². The maximum absolute atomic E-state index is 13.4. The van der Waals surface area contributed by atoms with Crippen LogP contribution in [-0.2, 0) is 4.79 Å². The largest absolute Gasteiger partial charge is 0.496 e. The highest BCUT2D eigenvalue weighted by molar-refractivity contribution is 6.42. The molecule has 0 aliphatic rings. The van der Waals surface area contributed by atoms with Crippen molar-refractivity contribution in [2.45, 2.75) is 13.8 Å². The number of methoxy groups -OCH3 is 1. The van der Waals surface area contributed by atoms with E-state index in [0.717, 1.165) is 27.6 Å². The van der Waals surface area contributed by atoms with Crippen molar-refractivity contribution in [2.24, 2.45) is 0 Å². The molecule has 0 radical (unpaired) electrons. The quantitative estimate of drug-likeness (QED) is 0.293. The number of ether oxygens (including phenoxy) is 1. The van der Waals surface area contributed by atoms with E-state index in [1.807, 2.05) is 19.9 Å². The van der Waals surface area contributed by atoms with Gasteiger partial charge in [0.25, 0.3) is 0 Å². The summed E-state index contributed by atoms with van der Waals surface area (Å²) in [6.45, 7) is 3.72. The minimum absolute atomic E-state index is 0.308. The molecule has 168 valence electrons. The van der Waals surface area contributed by atoms with Crippen LogP contribution in [0.5, 0.6) is 5.75 Å². The number of benzene rings is 3. The highest BCUT2D eigenvalue weighted by atomic mass is 35.5. The lowest BCUT2D eigenvalue weighted by Crippen LogP contribution is -2.08. The predicted octanol–water partition coefficient (Wildman–Crippen LogP) is 7.90. The number of hydrogen-bond donors (Lipinski definition) is 1. The van der Waals surface area contributed by atoms with Crippen LogP contribution in [0.25, 0.3) is 27.7 Å². The molecule has 4 nitrogen and oxygen atoms in total. The second-order valence-electron chi connectivity index (χ2n) is 7.56. The summed E-state index contributed by atoms with van der Waals surface area (Å²) in [6, 6.07) is 13.0. The predicted molar refractivity (Wildman–Crippen MR) is 132 cm³/mol. The average molecular weight is 484 g/mol. The third-order valence-electron chi connectivity index (χ3n) is 5.36. The molecule has 0 aliphatic carbocycles. The molecule has 0 saturated heterocycles. The first-order valence-corrected chi connectivity index (χ1v) is 10.8. The second-order valence-corrected chi connectivity index (χ2v) is 8.38. The molecular formula is C26H20Cl2FNO3. The molecule has 1 aromatic heterocycles. The molecule has 0 aliphatic heterocycles. The summed E-state index contributed by atoms with van der Waals surface area (Å²) in [5.74, 6) is -0.0212. The highest BCUT2D eigenvalue weighted by Gasteiger charge is 2.19. The maximum atomic E-state index is 13.4. The van der Waals surface area contributed by atoms with Crippen LogP contribution in [0.3, 0.4) is 0 Å². The summed E-state index contributed by atoms with van der Waals surface area (Å²) < 4.78 is 24.9. The Kier molecular flexibility index (Phi) is 6.45. The van der Waals surface area contributed by atoms with Gasteiger partial charge in [0.2, 0.25) is 5.91 Å². The molecule has 3 aromatic carbocycles. The molecule has 0 saturated carbocycles. The van der Waals surface area contributed by atoms with Gasteiger partial charge < -0.3 is 14.5 Å². The van der Waals surface area contributed by atoms with Gasteiger partial charge in [-0.1, -0.05) is 35.3 Å². The maximum Gasteiger partial charge on any atom is 0.248 e. The number of aryl methyl sites for hydroxylation is 1. The van der Waals surface area contributed by atoms with Crippen molar-refractivity contribution >= 4 is 51.3 Å². The minimum atomic E-state index is -0.323. The number of furan rings is 1. The van der Waals surface area contributed by atoms with Crippen LogP contribution in [0, 0.1) is 12.7 Å². The van der Waals surface area contributed by atoms with Crippen LogP contribution in [0.4, 0.5) is 10.1 Å². The zero-order valence-electron chi connectivity index (χ0n) is 18.1. The molecule has 0 fully saturated rings. The Hall–Kier alpha value is -3.28. The van der Waals surface area contributed by atoms with Crippen LogP contribution >= 0.6 is 23.2 Å². The van der Waals surface area contributed by atoms with Gasteiger partial charge >= 0.3 is 0 Å². The summed E-state index contributed by atoms with van der Waals surface area (Å²) in [5.41, 5.74) is 5.09. The molecule has 0 spiro atoms. The zero-order valence-corrected chi connectivity index (χ0v) is 19.6. The normalized spacial score (nSPS) is 11.6. The Labute approximate surface area is 200 Å². The topological polar surface area (TPSA) is 51.5 Å². The highest BCUT2D eigenvalue weighted by Crippen LogP contribution is 2.40. The molecule has 1 amide bonds. The van der Waals surface area contributed by atoms with Crippen LogP contribution in [0.15, 0.2) is 65.3 Å². The molecule has 7 heteroatoms. The van der Waals surface area contributed by atoms with Gasteiger partial charge in [-0.2, -0.15) is 0 Å². The first-order valence-electron chi connectivity index (χ1n) is 10.1. The van der Waals surface area contributed by atoms with E-state index >= 15 is 0 Å². The van der Waals surface area contributed by atoms with Crippen molar-refractivity contribution in [2.75, 3.05) is 12.4 Å². The number of allylic oxidation sites excluding steroid dienone is 1. The summed E-state index contributed by atoms with van der Waals surface area (Å²) in [6.07, 6.45) is 3.13. The number of amides is 1. The number of carbonyl (C=O) groups is 1. The average Bonchev–Trinajstić information content (AvgIpc) is 3.21. The van der Waals surface area contributed by atoms with Gasteiger partial charge in [-0.05, 0) is 61.4 Å². The molecule has 0 atom stereocenters. The van der Waals surface area contributed by atoms with Crippen LogP contribution in [-0.4, -0.2) is 13.0 Å². The minimum Gasteiger partial charge on any atom is -0.496 e. The number of halogens is 3. The van der Waals surface area contributed by atoms with Gasteiger partial charge in [0.1, 0.15) is 17.1 Å². The lowest BCUT2D eigenvalue weighted by molar-refractivity contribution is -0.111. The summed E-state index contributed by atoms with van der Waals surface area (Å²) in [7, 11) is 1.57. The third-order valence-corrected chi connectivity index (χ3v) is 6.10. The summed E-state index contributed by atoms with van der Waals surface area (Å²) >= 11 is 12.0. The molecule has 0 unspecified atom stereocenters. The monoisotopic (exact) mass is 483 g/mol. The van der Waals surface area contributed by atoms with Crippen LogP contribution in [0.1, 0.15) is 18.1 Å². The standard InChI is InChI=1S/C26H20Cl2FNO3/c1-14(10-24(31)30-18-8-9-22(27)23(28)11-18)19-12-20-21(16-4-6-17(29)7-5-16)13-33-26(20)15(2)25(19)32-3/h4-13H,1-3H3,(H,30,31)/b14-10+. The molecule has 4 rings (SSSR count). The van der Waals surface area contributed by atoms with Crippen molar-refractivity contribution in [3.05, 3.63) is 87.9 Å². The van der Waals surface area contributed by atoms with E-state index in [1.54, 1.807) is 43.7 Å². The number of rotatable bonds is 5. The number of fused-ring (bicyclic) bond motifs is 1. The molecule has 0 bridgehead atoms. The van der Waals surface area contributed by atoms with Gasteiger partial charge in [-0.3, -0.25) is 4.79 Å². The summed E-state index contributed by atoms with van der Waals surface area (Å²) in [5, 5.41) is 4.39. The lowest BCUT2D eigenvalue weighted by Gasteiger charge is -2.13. The van der Waals surface area contributed by atoms with Crippen molar-refractivity contribution in [3.8, 4) is 16.9 Å². The SMILES string of the molecule is COc1c(/C(C)=C/C(=O)Nc2ccc(Cl)c(Cl)c2)cc2c(-c3ccc(F)cc3)coc2c1C. The lowest BCUT2D eigenvalue weighted by atomic mass is 9.96. The number of nitrogens with one attached hydrogen (secondary N) is 1. The fourth-order valence-corrected chi connectivity index (χ4v) is 4.05. The van der Waals surface area contributed by atoms with Crippen molar-refractivity contribution in [1.29, 1.82) is 0 Å². The second kappa shape index (κ2) is 9.30. The smallest absolute Gasteiger partial charge is 0.248 e. The van der Waals surface area contributed by atoms with E-state index in [4.69, 9.17) is 32.4 Å². The van der Waals surface area contributed by atoms with Crippen molar-refractivity contribution in [1.82, 2.24) is 0 Å². The van der Waals surface area contributed by atoms with E-state index in [1.165, 1.54) is 18.2 Å². The molecule has 33 heavy (non-hydrogen) atoms. The van der Waals surface area contributed by atoms with Gasteiger partial charge in [0.15, 0.2) is 0 Å². The first-order chi connectivity index (χ1) is 15.8. The fourth-order valence-electron chi connectivity index (χ4n) is 3.75. The first kappa shape index (κ1) is 22.9. The van der Waals surface area contributed by atoms with Crippen LogP contribution in [0.2, 0.25) is 10.0 Å². The number of carbonyl (C=O) groups excluding carboxylic acids is 1. The van der Waals surface area contributed by atoms with Gasteiger partial charge in [-0.25, -0.2) is 4.39 Å². The Balaban J connectivity index is 1.74. The number of hydrogen-bond acceptors (Lipinski definition) is 3. The molecule has 1 heterocycles. The third kappa shape index (κ3) is 4.61. The van der Waals surface area contributed by atoms with E-state index < -0.39 is 0 Å². The summed E-state index contributed by atoms with van der Waals surface area (Å²) in [4.78, 5) is 12.7. The van der Waals surface area contributed by atoms with E-state index in [0.29, 0.717) is 32.6 Å². The Morgan fingerprint density at radius 2 is 1.82 bits per heavy atom. The van der Waals surface area contributed by atoms with E-state index in [9.17, 15) is 9.18 Å². The van der Waals surface area contributed by atoms with E-state index in [-0.39, 0.29) is 11.7 Å². The Morgan fingerprint density at radius 1 is 1.09 bits per heavy atom. The van der Waals surface area contributed by atoms with Gasteiger partial charge in [0, 0.05) is 33.8 Å². The Morgan fingerprint density at radius 3 is 2.48 bits per heavy atom. The molecule has 1 N–H and O–H groups in total.